The number of benzene rings is 2. The lowest BCUT2D eigenvalue weighted by Gasteiger charge is -2.14. The van der Waals surface area contributed by atoms with E-state index in [2.05, 4.69) is 5.32 Å². The normalized spacial score (nSPS) is 10.8. The zero-order chi connectivity index (χ0) is 15.6. The molecule has 0 bridgehead atoms. The highest BCUT2D eigenvalue weighted by atomic mass is 35.5. The highest BCUT2D eigenvalue weighted by Gasteiger charge is 2.17. The molecule has 6 heteroatoms. The van der Waals surface area contributed by atoms with E-state index in [9.17, 15) is 0 Å². The highest BCUT2D eigenvalue weighted by Crippen LogP contribution is 2.44. The molecule has 2 nitrogen and oxygen atoms in total. The largest absolute Gasteiger partial charge is 0.496 e. The van der Waals surface area contributed by atoms with Crippen LogP contribution in [0.15, 0.2) is 24.3 Å². The van der Waals surface area contributed by atoms with Gasteiger partial charge in [0.05, 0.1) is 27.2 Å². The van der Waals surface area contributed by atoms with Gasteiger partial charge in [-0.05, 0) is 30.8 Å². The van der Waals surface area contributed by atoms with Crippen molar-refractivity contribution < 1.29 is 4.74 Å². The summed E-state index contributed by atoms with van der Waals surface area (Å²) in [5, 5.41) is 4.59. The summed E-state index contributed by atoms with van der Waals surface area (Å²) in [5.41, 5.74) is 2.44. The standard InChI is InChI=1S/C15H13Cl4NO/c1-20-7-9-5-8(3-4-12(9)21-2)13-14(18)10(16)6-11(17)15(13)19/h3-6,20H,7H2,1-2H3. The Balaban J connectivity index is 2.65. The predicted molar refractivity (Wildman–Crippen MR) is 91.2 cm³/mol. The van der Waals surface area contributed by atoms with Gasteiger partial charge in [0.25, 0.3) is 0 Å². The number of hydrogen-bond acceptors (Lipinski definition) is 2. The van der Waals surface area contributed by atoms with Crippen LogP contribution in [0.2, 0.25) is 20.1 Å². The summed E-state index contributed by atoms with van der Waals surface area (Å²) in [7, 11) is 3.49. The van der Waals surface area contributed by atoms with Crippen molar-refractivity contribution in [2.45, 2.75) is 6.54 Å². The third-order valence-electron chi connectivity index (χ3n) is 3.05. The van der Waals surface area contributed by atoms with E-state index in [1.54, 1.807) is 7.11 Å². The van der Waals surface area contributed by atoms with Crippen LogP contribution in [0, 0.1) is 0 Å². The van der Waals surface area contributed by atoms with Crippen LogP contribution >= 0.6 is 46.4 Å². The van der Waals surface area contributed by atoms with Gasteiger partial charge in [0.2, 0.25) is 0 Å². The van der Waals surface area contributed by atoms with Gasteiger partial charge in [0, 0.05) is 17.7 Å². The minimum Gasteiger partial charge on any atom is -0.496 e. The van der Waals surface area contributed by atoms with Crippen molar-refractivity contribution in [3.05, 3.63) is 49.9 Å². The summed E-state index contributed by atoms with van der Waals surface area (Å²) in [4.78, 5) is 0. The van der Waals surface area contributed by atoms with Crippen molar-refractivity contribution in [2.75, 3.05) is 14.2 Å². The molecule has 1 N–H and O–H groups in total. The number of halogens is 4. The Morgan fingerprint density at radius 1 is 1.00 bits per heavy atom. The molecule has 0 unspecified atom stereocenters. The molecule has 2 aromatic rings. The number of methoxy groups -OCH3 is 1. The molecule has 112 valence electrons. The van der Waals surface area contributed by atoms with E-state index in [1.807, 2.05) is 25.2 Å². The number of nitrogens with one attached hydrogen (secondary N) is 1. The number of ether oxygens (including phenoxy) is 1. The van der Waals surface area contributed by atoms with Crippen molar-refractivity contribution in [3.8, 4) is 16.9 Å². The van der Waals surface area contributed by atoms with Crippen LogP contribution in [0.1, 0.15) is 5.56 Å². The Bertz CT molecular complexity index is 647. The minimum absolute atomic E-state index is 0.368. The molecular weight excluding hydrogens is 352 g/mol. The molecule has 0 radical (unpaired) electrons. The molecule has 0 saturated carbocycles. The molecule has 0 aliphatic rings. The first-order valence-corrected chi connectivity index (χ1v) is 7.65. The second-order valence-corrected chi connectivity index (χ2v) is 5.97. The SMILES string of the molecule is CNCc1cc(-c2c(Cl)c(Cl)cc(Cl)c2Cl)ccc1OC. The maximum absolute atomic E-state index is 6.29. The summed E-state index contributed by atoms with van der Waals surface area (Å²) in [6, 6.07) is 7.23. The van der Waals surface area contributed by atoms with E-state index < -0.39 is 0 Å². The molecular formula is C15H13Cl4NO. The monoisotopic (exact) mass is 363 g/mol. The lowest BCUT2D eigenvalue weighted by molar-refractivity contribution is 0.408. The molecule has 0 spiro atoms. The van der Waals surface area contributed by atoms with Gasteiger partial charge in [-0.1, -0.05) is 52.5 Å². The van der Waals surface area contributed by atoms with Crippen molar-refractivity contribution in [3.63, 3.8) is 0 Å². The maximum atomic E-state index is 6.29. The van der Waals surface area contributed by atoms with Crippen LogP contribution in [-0.4, -0.2) is 14.2 Å². The van der Waals surface area contributed by atoms with Gasteiger partial charge in [-0.25, -0.2) is 0 Å². The Morgan fingerprint density at radius 3 is 2.14 bits per heavy atom. The minimum atomic E-state index is 0.368. The first kappa shape index (κ1) is 16.7. The van der Waals surface area contributed by atoms with Gasteiger partial charge in [-0.15, -0.1) is 0 Å². The zero-order valence-corrected chi connectivity index (χ0v) is 14.5. The van der Waals surface area contributed by atoms with E-state index >= 15 is 0 Å². The van der Waals surface area contributed by atoms with Gasteiger partial charge in [-0.3, -0.25) is 0 Å². The van der Waals surface area contributed by atoms with E-state index in [1.165, 1.54) is 6.07 Å². The fraction of sp³-hybridized carbons (Fsp3) is 0.200. The summed E-state index contributed by atoms with van der Waals surface area (Å²) in [6.07, 6.45) is 0. The fourth-order valence-electron chi connectivity index (χ4n) is 2.09. The van der Waals surface area contributed by atoms with Crippen LogP contribution in [-0.2, 0) is 6.54 Å². The molecule has 0 atom stereocenters. The van der Waals surface area contributed by atoms with E-state index in [4.69, 9.17) is 51.1 Å². The van der Waals surface area contributed by atoms with Gasteiger partial charge in [0.1, 0.15) is 5.75 Å². The van der Waals surface area contributed by atoms with Gasteiger partial charge >= 0.3 is 0 Å². The lowest BCUT2D eigenvalue weighted by atomic mass is 10.0. The molecule has 0 saturated heterocycles. The second kappa shape index (κ2) is 7.08. The molecule has 0 aliphatic heterocycles. The molecule has 2 rings (SSSR count). The number of rotatable bonds is 4. The topological polar surface area (TPSA) is 21.3 Å². The molecule has 0 amide bonds. The van der Waals surface area contributed by atoms with Crippen molar-refractivity contribution >= 4 is 46.4 Å². The Kier molecular flexibility index (Phi) is 5.64. The summed E-state index contributed by atoms with van der Waals surface area (Å²) >= 11 is 24.7. The van der Waals surface area contributed by atoms with Crippen LogP contribution in [0.25, 0.3) is 11.1 Å². The maximum Gasteiger partial charge on any atom is 0.123 e. The summed E-state index contributed by atoms with van der Waals surface area (Å²) in [5.74, 6) is 0.786. The Labute approximate surface area is 143 Å². The van der Waals surface area contributed by atoms with Crippen LogP contribution in [0.4, 0.5) is 0 Å². The summed E-state index contributed by atoms with van der Waals surface area (Å²) in [6.45, 7) is 0.653. The Hall–Kier alpha value is -0.640. The van der Waals surface area contributed by atoms with Crippen molar-refractivity contribution in [1.82, 2.24) is 5.32 Å². The van der Waals surface area contributed by atoms with Gasteiger partial charge < -0.3 is 10.1 Å². The van der Waals surface area contributed by atoms with Gasteiger partial charge in [0.15, 0.2) is 0 Å². The lowest BCUT2D eigenvalue weighted by Crippen LogP contribution is -2.06. The molecule has 0 aliphatic carbocycles. The predicted octanol–water partition coefficient (Wildman–Crippen LogP) is 5.70. The quantitative estimate of drug-likeness (QED) is 0.703. The molecule has 0 aromatic heterocycles. The number of hydrogen-bond donors (Lipinski definition) is 1. The second-order valence-electron chi connectivity index (χ2n) is 4.40. The molecule has 0 heterocycles. The highest BCUT2D eigenvalue weighted by molar-refractivity contribution is 6.50. The van der Waals surface area contributed by atoms with Crippen molar-refractivity contribution in [1.29, 1.82) is 0 Å². The van der Waals surface area contributed by atoms with Crippen molar-refractivity contribution in [2.24, 2.45) is 0 Å². The van der Waals surface area contributed by atoms with E-state index in [0.717, 1.165) is 16.9 Å². The average Bonchev–Trinajstić information content (AvgIpc) is 2.46. The first-order chi connectivity index (χ1) is 9.99. The van der Waals surface area contributed by atoms with Crippen LogP contribution < -0.4 is 10.1 Å². The third-order valence-corrected chi connectivity index (χ3v) is 4.62. The smallest absolute Gasteiger partial charge is 0.123 e. The average molecular weight is 365 g/mol. The van der Waals surface area contributed by atoms with Crippen LogP contribution in [0.5, 0.6) is 5.75 Å². The fourth-order valence-corrected chi connectivity index (χ4v) is 3.12. The molecule has 2 aromatic carbocycles. The summed E-state index contributed by atoms with van der Waals surface area (Å²) < 4.78 is 5.34. The van der Waals surface area contributed by atoms with Crippen LogP contribution in [0.3, 0.4) is 0 Å². The van der Waals surface area contributed by atoms with E-state index in [0.29, 0.717) is 32.2 Å². The first-order valence-electron chi connectivity index (χ1n) is 6.14. The zero-order valence-electron chi connectivity index (χ0n) is 11.4. The van der Waals surface area contributed by atoms with E-state index in [-0.39, 0.29) is 0 Å². The molecule has 21 heavy (non-hydrogen) atoms. The molecule has 0 fully saturated rings. The third kappa shape index (κ3) is 3.41. The Morgan fingerprint density at radius 2 is 1.62 bits per heavy atom. The van der Waals surface area contributed by atoms with Gasteiger partial charge in [-0.2, -0.15) is 0 Å².